The number of rotatable bonds is 9. The first-order valence-electron chi connectivity index (χ1n) is 23.8. The van der Waals surface area contributed by atoms with Crippen LogP contribution in [-0.2, 0) is 42.7 Å². The second-order valence-electron chi connectivity index (χ2n) is 21.5. The number of carbonyl (C=O) groups excluding carboxylic acids is 1. The van der Waals surface area contributed by atoms with E-state index in [1.54, 1.807) is 0 Å². The van der Waals surface area contributed by atoms with Crippen LogP contribution in [0.25, 0.3) is 0 Å². The van der Waals surface area contributed by atoms with Crippen molar-refractivity contribution in [1.82, 2.24) is 0 Å². The van der Waals surface area contributed by atoms with Crippen LogP contribution >= 0.6 is 0 Å². The molecule has 27 atom stereocenters. The number of aliphatic hydroxyl groups excluding tert-OH is 10. The fraction of sp³-hybridized carbons (Fsp3) is 0.978. The van der Waals surface area contributed by atoms with Crippen molar-refractivity contribution in [2.75, 3.05) is 26.4 Å². The van der Waals surface area contributed by atoms with Crippen LogP contribution < -0.4 is 0 Å². The Labute approximate surface area is 373 Å². The first-order valence-corrected chi connectivity index (χ1v) is 23.8. The van der Waals surface area contributed by atoms with E-state index >= 15 is 0 Å². The minimum atomic E-state index is -1.93. The molecule has 5 saturated heterocycles. The van der Waals surface area contributed by atoms with Gasteiger partial charge in [0.1, 0.15) is 79.0 Å². The lowest BCUT2D eigenvalue weighted by Crippen LogP contribution is -2.66. The highest BCUT2D eigenvalue weighted by molar-refractivity contribution is 5.84. The van der Waals surface area contributed by atoms with Crippen molar-refractivity contribution in [2.45, 2.75) is 196 Å². The lowest BCUT2D eigenvalue weighted by atomic mass is 9.44. The molecular weight excluding hydrogens is 844 g/mol. The summed E-state index contributed by atoms with van der Waals surface area (Å²) in [5.41, 5.74) is -0.373. The first-order chi connectivity index (χ1) is 30.4. The molecule has 10 N–H and O–H groups in total. The van der Waals surface area contributed by atoms with Gasteiger partial charge in [-0.1, -0.05) is 27.7 Å². The lowest BCUT2D eigenvalue weighted by molar-refractivity contribution is -0.381. The van der Waals surface area contributed by atoms with Crippen LogP contribution in [0, 0.1) is 52.3 Å². The van der Waals surface area contributed by atoms with Crippen LogP contribution in [0.15, 0.2) is 0 Å². The molecule has 5 aliphatic heterocycles. The summed E-state index contributed by atoms with van der Waals surface area (Å²) >= 11 is 0. The summed E-state index contributed by atoms with van der Waals surface area (Å²) in [6.45, 7) is 7.56. The molecule has 1 spiro atoms. The van der Waals surface area contributed by atoms with Gasteiger partial charge in [0, 0.05) is 24.7 Å². The molecule has 0 aromatic carbocycles. The fourth-order valence-electron chi connectivity index (χ4n) is 14.5. The Bertz CT molecular complexity index is 1640. The number of carbonyl (C=O) groups is 1. The normalized spacial score (nSPS) is 57.5. The van der Waals surface area contributed by atoms with Gasteiger partial charge in [0.15, 0.2) is 24.7 Å². The average Bonchev–Trinajstić information content (AvgIpc) is 3.72. The first kappa shape index (κ1) is 48.0. The molecule has 9 aliphatic rings. The fourth-order valence-corrected chi connectivity index (χ4v) is 14.5. The number of ketones is 1. The Balaban J connectivity index is 0.812. The number of hydrogen-bond donors (Lipinski definition) is 10. The molecule has 0 radical (unpaired) electrons. The number of hydrogen-bond acceptors (Lipinski definition) is 19. The smallest absolute Gasteiger partial charge is 0.187 e. The maximum atomic E-state index is 14.6. The average molecular weight is 917 g/mol. The molecule has 0 aromatic rings. The maximum Gasteiger partial charge on any atom is 0.187 e. The minimum Gasteiger partial charge on any atom is -0.394 e. The quantitative estimate of drug-likeness (QED) is 0.117. The van der Waals surface area contributed by atoms with Crippen molar-refractivity contribution in [2.24, 2.45) is 52.3 Å². The minimum absolute atomic E-state index is 0.0638. The van der Waals surface area contributed by atoms with Crippen molar-refractivity contribution in [3.05, 3.63) is 0 Å². The lowest BCUT2D eigenvalue weighted by Gasteiger charge is -2.60. The second kappa shape index (κ2) is 18.0. The molecule has 19 heteroatoms. The summed E-state index contributed by atoms with van der Waals surface area (Å²) in [4.78, 5) is 14.6. The number of aliphatic hydroxyl groups is 10. The van der Waals surface area contributed by atoms with E-state index in [2.05, 4.69) is 27.7 Å². The Kier molecular flexibility index (Phi) is 13.5. The summed E-state index contributed by atoms with van der Waals surface area (Å²) in [6, 6.07) is 0. The molecule has 4 aliphatic carbocycles. The predicted molar refractivity (Wildman–Crippen MR) is 216 cm³/mol. The zero-order valence-corrected chi connectivity index (χ0v) is 37.2. The standard InChI is InChI=1S/C45H72O19/c1-18-7-10-45(57-17-18)19(2)29-25(64-45)12-23-22-6-5-20-11-21(8-9-43(20,3)30(22)24(49)13-44(23,29)4)58-40-36(55)33(52)38(27(15-47)60-40)63-42-37(56)34(53)39(28(16-48)61-42)62-41-35(54)32(51)31(50)26(14-46)59-41/h18-23,25-42,46-48,50-56H,5-17H2,1-4H3/t18-,19?,20+,21+,22+,23+,25?,26-,27-,28-,29?,30-,31-,32+,33-,34-,35-,36-,37-,38?,39?,40-,41-,42-,43+,44+,45-/m1/s1. The van der Waals surface area contributed by atoms with Gasteiger partial charge in [0.25, 0.3) is 0 Å². The van der Waals surface area contributed by atoms with Crippen LogP contribution in [0.4, 0.5) is 0 Å². The highest BCUT2D eigenvalue weighted by atomic mass is 16.8. The molecule has 64 heavy (non-hydrogen) atoms. The largest absolute Gasteiger partial charge is 0.394 e. The van der Waals surface area contributed by atoms with E-state index in [1.165, 1.54) is 0 Å². The van der Waals surface area contributed by atoms with Gasteiger partial charge in [0.05, 0.1) is 38.6 Å². The molecule has 366 valence electrons. The van der Waals surface area contributed by atoms with Crippen LogP contribution in [0.5, 0.6) is 0 Å². The van der Waals surface area contributed by atoms with Crippen LogP contribution in [0.2, 0.25) is 0 Å². The monoisotopic (exact) mass is 916 g/mol. The Morgan fingerprint density at radius 1 is 0.641 bits per heavy atom. The molecule has 4 saturated carbocycles. The van der Waals surface area contributed by atoms with Crippen molar-refractivity contribution in [3.63, 3.8) is 0 Å². The number of Topliss-reactive ketones (excluding diaryl/α,β-unsaturated/α-hetero) is 1. The summed E-state index contributed by atoms with van der Waals surface area (Å²) in [6.07, 6.45) is -17.6. The van der Waals surface area contributed by atoms with E-state index in [9.17, 15) is 55.9 Å². The zero-order chi connectivity index (χ0) is 45.8. The van der Waals surface area contributed by atoms with E-state index in [0.717, 1.165) is 38.5 Å². The van der Waals surface area contributed by atoms with E-state index in [0.29, 0.717) is 43.5 Å². The van der Waals surface area contributed by atoms with Gasteiger partial charge in [-0.15, -0.1) is 0 Å². The molecule has 19 nitrogen and oxygen atoms in total. The number of fused-ring (bicyclic) bond motifs is 7. The summed E-state index contributed by atoms with van der Waals surface area (Å²) in [5.74, 6) is 1.61. The van der Waals surface area contributed by atoms with E-state index < -0.39 is 118 Å². The van der Waals surface area contributed by atoms with Gasteiger partial charge in [-0.05, 0) is 85.4 Å². The highest BCUT2D eigenvalue weighted by Crippen LogP contribution is 2.70. The SMILES string of the molecule is CC1C2C(C[C@H]3[C@@H]4CC[C@H]5C[C@@H](O[C@@H]6O[C@H](CO)C(O[C@H]7O[C@H](CO)C(O[C@H]8O[C@H](CO)[C@@H](O)[C@H](O)[C@H]8O)[C@H](O)[C@H]7O)[C@H](O)[C@H]6O)CC[C@]5(C)[C@H]4C(=O)C[C@]23C)O[C@]12CC[C@@H](C)CO2. The van der Waals surface area contributed by atoms with Crippen LogP contribution in [0.1, 0.15) is 85.5 Å². The third-order valence-corrected chi connectivity index (χ3v) is 18.0. The zero-order valence-electron chi connectivity index (χ0n) is 37.2. The van der Waals surface area contributed by atoms with Crippen molar-refractivity contribution < 1.29 is 93.8 Å². The summed E-state index contributed by atoms with van der Waals surface area (Å²) in [5, 5.41) is 106. The number of ether oxygens (including phenoxy) is 8. The van der Waals surface area contributed by atoms with Gasteiger partial charge < -0.3 is 89.0 Å². The molecule has 0 amide bonds. The van der Waals surface area contributed by atoms with Crippen LogP contribution in [0.3, 0.4) is 0 Å². The summed E-state index contributed by atoms with van der Waals surface area (Å²) in [7, 11) is 0. The molecule has 0 aromatic heterocycles. The Morgan fingerprint density at radius 2 is 1.22 bits per heavy atom. The molecule has 9 fully saturated rings. The van der Waals surface area contributed by atoms with E-state index in [1.807, 2.05) is 0 Å². The van der Waals surface area contributed by atoms with Gasteiger partial charge in [-0.2, -0.15) is 0 Å². The molecule has 0 bridgehead atoms. The van der Waals surface area contributed by atoms with Gasteiger partial charge in [-0.25, -0.2) is 0 Å². The van der Waals surface area contributed by atoms with E-state index in [-0.39, 0.29) is 52.6 Å². The van der Waals surface area contributed by atoms with Crippen molar-refractivity contribution >= 4 is 5.78 Å². The molecule has 9 rings (SSSR count). The maximum absolute atomic E-state index is 14.6. The highest BCUT2D eigenvalue weighted by Gasteiger charge is 2.71. The molecule has 5 heterocycles. The molecule has 5 unspecified atom stereocenters. The summed E-state index contributed by atoms with van der Waals surface area (Å²) < 4.78 is 48.3. The second-order valence-corrected chi connectivity index (χ2v) is 21.5. The van der Waals surface area contributed by atoms with Gasteiger partial charge in [0.2, 0.25) is 0 Å². The van der Waals surface area contributed by atoms with Gasteiger partial charge in [-0.3, -0.25) is 4.79 Å². The third kappa shape index (κ3) is 7.77. The Hall–Kier alpha value is -1.05. The van der Waals surface area contributed by atoms with Crippen molar-refractivity contribution in [1.29, 1.82) is 0 Å². The predicted octanol–water partition coefficient (Wildman–Crippen LogP) is -1.55. The molecular formula is C45H72O19. The van der Waals surface area contributed by atoms with Crippen LogP contribution in [-0.4, -0.2) is 193 Å². The van der Waals surface area contributed by atoms with Crippen molar-refractivity contribution in [3.8, 4) is 0 Å². The van der Waals surface area contributed by atoms with Gasteiger partial charge >= 0.3 is 0 Å². The Morgan fingerprint density at radius 3 is 1.80 bits per heavy atom. The third-order valence-electron chi connectivity index (χ3n) is 18.0. The topological polar surface area (TPSA) is 293 Å². The van der Waals surface area contributed by atoms with E-state index in [4.69, 9.17) is 37.9 Å².